The van der Waals surface area contributed by atoms with Gasteiger partial charge < -0.3 is 9.47 Å². The third-order valence-corrected chi connectivity index (χ3v) is 5.01. The van der Waals surface area contributed by atoms with Crippen LogP contribution in [-0.2, 0) is 20.9 Å². The summed E-state index contributed by atoms with van der Waals surface area (Å²) in [4.78, 5) is 13.0. The zero-order chi connectivity index (χ0) is 17.5. The smallest absolute Gasteiger partial charge is 0.310 e. The predicted octanol–water partition coefficient (Wildman–Crippen LogP) is 4.81. The van der Waals surface area contributed by atoms with Crippen LogP contribution in [0, 0.1) is 17.8 Å². The van der Waals surface area contributed by atoms with Gasteiger partial charge in [-0.25, -0.2) is 0 Å². The monoisotopic (exact) mass is 338 g/mol. The molecule has 2 aliphatic rings. The van der Waals surface area contributed by atoms with Crippen molar-refractivity contribution in [2.45, 2.75) is 32.3 Å². The number of methoxy groups -OCH3 is 1. The topological polar surface area (TPSA) is 35.5 Å². The van der Waals surface area contributed by atoms with Crippen LogP contribution in [0.3, 0.4) is 0 Å². The molecule has 25 heavy (non-hydrogen) atoms. The molecule has 2 aliphatic carbocycles. The van der Waals surface area contributed by atoms with Crippen LogP contribution in [0.5, 0.6) is 0 Å². The lowest BCUT2D eigenvalue weighted by Gasteiger charge is -2.31. The molecule has 0 aromatic heterocycles. The van der Waals surface area contributed by atoms with Gasteiger partial charge in [-0.05, 0) is 55.2 Å². The van der Waals surface area contributed by atoms with Gasteiger partial charge in [0.2, 0.25) is 0 Å². The Hall–Kier alpha value is -2.29. The Bertz CT molecular complexity index is 657. The van der Waals surface area contributed by atoms with Crippen molar-refractivity contribution >= 4 is 5.97 Å². The first-order valence-electron chi connectivity index (χ1n) is 9.07. The summed E-state index contributed by atoms with van der Waals surface area (Å²) in [6.07, 6.45) is 14.7. The van der Waals surface area contributed by atoms with Gasteiger partial charge in [-0.3, -0.25) is 4.79 Å². The highest BCUT2D eigenvalue weighted by Crippen LogP contribution is 2.36. The summed E-state index contributed by atoms with van der Waals surface area (Å²) in [6, 6.07) is 9.85. The molecule has 3 atom stereocenters. The molecule has 0 saturated heterocycles. The molecule has 132 valence electrons. The number of hydrogen-bond donors (Lipinski definition) is 0. The average molecular weight is 338 g/mol. The predicted molar refractivity (Wildman–Crippen MR) is 98.5 cm³/mol. The zero-order valence-electron chi connectivity index (χ0n) is 14.8. The van der Waals surface area contributed by atoms with Crippen LogP contribution in [0.4, 0.5) is 0 Å². The normalized spacial score (nSPS) is 23.6. The fraction of sp³-hybridized carbons (Fsp3) is 0.409. The van der Waals surface area contributed by atoms with Crippen molar-refractivity contribution in [2.75, 3.05) is 7.11 Å². The highest BCUT2D eigenvalue weighted by atomic mass is 16.5. The van der Waals surface area contributed by atoms with Crippen molar-refractivity contribution < 1.29 is 14.3 Å². The molecule has 1 aromatic carbocycles. The number of esters is 1. The maximum Gasteiger partial charge on any atom is 0.310 e. The standard InChI is InChI=1S/C22H26O3/c1-24-20-14-8-13-19(15-20)21(18-11-6-3-7-12-18)22(23)25-16-17-9-4-2-5-10-17/h2,4-6,8-11,14-15,18-19,21H,3,7,12-13,16H2,1H3. The molecule has 3 nitrogen and oxygen atoms in total. The Labute approximate surface area is 150 Å². The SMILES string of the molecule is COC1=CC(C(C(=O)OCc2ccccc2)C2C=CCCC2)CC=C1. The third kappa shape index (κ3) is 4.62. The number of benzene rings is 1. The van der Waals surface area contributed by atoms with Gasteiger partial charge in [-0.15, -0.1) is 0 Å². The molecule has 0 aliphatic heterocycles. The van der Waals surface area contributed by atoms with Crippen LogP contribution in [0.15, 0.2) is 66.5 Å². The molecule has 3 unspecified atom stereocenters. The summed E-state index contributed by atoms with van der Waals surface area (Å²) >= 11 is 0. The van der Waals surface area contributed by atoms with Crippen molar-refractivity contribution in [3.05, 3.63) is 72.0 Å². The minimum atomic E-state index is -0.157. The molecule has 0 radical (unpaired) electrons. The van der Waals surface area contributed by atoms with Crippen LogP contribution in [0.1, 0.15) is 31.2 Å². The van der Waals surface area contributed by atoms with Gasteiger partial charge in [-0.2, -0.15) is 0 Å². The van der Waals surface area contributed by atoms with Crippen LogP contribution in [-0.4, -0.2) is 13.1 Å². The van der Waals surface area contributed by atoms with Gasteiger partial charge in [0.25, 0.3) is 0 Å². The molecule has 1 aromatic rings. The first kappa shape index (κ1) is 17.5. The summed E-state index contributed by atoms with van der Waals surface area (Å²) in [5.74, 6) is 0.929. The number of ether oxygens (including phenoxy) is 2. The lowest BCUT2D eigenvalue weighted by Crippen LogP contribution is -2.32. The quantitative estimate of drug-likeness (QED) is 0.551. The van der Waals surface area contributed by atoms with E-state index >= 15 is 0 Å². The average Bonchev–Trinajstić information content (AvgIpc) is 2.68. The van der Waals surface area contributed by atoms with E-state index < -0.39 is 0 Å². The second-order valence-electron chi connectivity index (χ2n) is 6.72. The van der Waals surface area contributed by atoms with Gasteiger partial charge in [0.05, 0.1) is 13.0 Å². The van der Waals surface area contributed by atoms with Crippen molar-refractivity contribution in [1.29, 1.82) is 0 Å². The van der Waals surface area contributed by atoms with Gasteiger partial charge in [-0.1, -0.05) is 48.6 Å². The summed E-state index contributed by atoms with van der Waals surface area (Å²) in [5, 5.41) is 0. The van der Waals surface area contributed by atoms with E-state index in [1.165, 1.54) is 0 Å². The van der Waals surface area contributed by atoms with E-state index in [2.05, 4.69) is 24.3 Å². The fourth-order valence-corrected chi connectivity index (χ4v) is 3.69. The third-order valence-electron chi connectivity index (χ3n) is 5.01. The maximum atomic E-state index is 13.0. The molecule has 0 bridgehead atoms. The van der Waals surface area contributed by atoms with E-state index in [1.807, 2.05) is 36.4 Å². The molecule has 3 heteroatoms. The molecule has 3 rings (SSSR count). The fourth-order valence-electron chi connectivity index (χ4n) is 3.69. The lowest BCUT2D eigenvalue weighted by molar-refractivity contribution is -0.153. The summed E-state index contributed by atoms with van der Waals surface area (Å²) in [5.41, 5.74) is 1.02. The van der Waals surface area contributed by atoms with Gasteiger partial charge in [0.1, 0.15) is 12.4 Å². The largest absolute Gasteiger partial charge is 0.497 e. The Morgan fingerprint density at radius 2 is 2.04 bits per heavy atom. The minimum Gasteiger partial charge on any atom is -0.497 e. The summed E-state index contributed by atoms with van der Waals surface area (Å²) < 4.78 is 11.1. The first-order chi connectivity index (χ1) is 12.3. The summed E-state index contributed by atoms with van der Waals surface area (Å²) in [6.45, 7) is 0.329. The van der Waals surface area contributed by atoms with Crippen molar-refractivity contribution in [3.63, 3.8) is 0 Å². The van der Waals surface area contributed by atoms with E-state index in [0.29, 0.717) is 6.61 Å². The number of rotatable bonds is 6. The molecule has 0 saturated carbocycles. The highest BCUT2D eigenvalue weighted by molar-refractivity contribution is 5.74. The Balaban J connectivity index is 1.74. The van der Waals surface area contributed by atoms with E-state index in [1.54, 1.807) is 7.11 Å². The van der Waals surface area contributed by atoms with E-state index in [9.17, 15) is 4.79 Å². The zero-order valence-corrected chi connectivity index (χ0v) is 14.8. The summed E-state index contributed by atoms with van der Waals surface area (Å²) in [7, 11) is 1.67. The molecule has 0 fully saturated rings. The molecule has 0 heterocycles. The Kier molecular flexibility index (Phi) is 6.10. The number of carbonyl (C=O) groups is 1. The van der Waals surface area contributed by atoms with Crippen LogP contribution < -0.4 is 0 Å². The Morgan fingerprint density at radius 1 is 1.20 bits per heavy atom. The number of carbonyl (C=O) groups excluding carboxylic acids is 1. The lowest BCUT2D eigenvalue weighted by atomic mass is 9.74. The van der Waals surface area contributed by atoms with E-state index in [-0.39, 0.29) is 23.7 Å². The number of hydrogen-bond acceptors (Lipinski definition) is 3. The molecule has 0 spiro atoms. The molecular weight excluding hydrogens is 312 g/mol. The van der Waals surface area contributed by atoms with E-state index in [0.717, 1.165) is 37.0 Å². The second kappa shape index (κ2) is 8.70. The van der Waals surface area contributed by atoms with Crippen molar-refractivity contribution in [2.24, 2.45) is 17.8 Å². The van der Waals surface area contributed by atoms with Gasteiger partial charge in [0.15, 0.2) is 0 Å². The number of allylic oxidation sites excluding steroid dienone is 5. The van der Waals surface area contributed by atoms with Crippen LogP contribution >= 0.6 is 0 Å². The van der Waals surface area contributed by atoms with Crippen LogP contribution in [0.2, 0.25) is 0 Å². The maximum absolute atomic E-state index is 13.0. The molecule has 0 amide bonds. The highest BCUT2D eigenvalue weighted by Gasteiger charge is 2.35. The van der Waals surface area contributed by atoms with Gasteiger partial charge >= 0.3 is 5.97 Å². The van der Waals surface area contributed by atoms with Crippen molar-refractivity contribution in [3.8, 4) is 0 Å². The molecule has 0 N–H and O–H groups in total. The minimum absolute atomic E-state index is 0.104. The molecular formula is C22H26O3. The second-order valence-corrected chi connectivity index (χ2v) is 6.72. The van der Waals surface area contributed by atoms with Crippen molar-refractivity contribution in [1.82, 2.24) is 0 Å². The first-order valence-corrected chi connectivity index (χ1v) is 9.07. The van der Waals surface area contributed by atoms with Gasteiger partial charge in [0, 0.05) is 0 Å². The van der Waals surface area contributed by atoms with Crippen LogP contribution in [0.25, 0.3) is 0 Å². The van der Waals surface area contributed by atoms with E-state index in [4.69, 9.17) is 9.47 Å². The Morgan fingerprint density at radius 3 is 2.76 bits per heavy atom.